The molecule has 0 unspecified atom stereocenters. The molecule has 0 aromatic heterocycles. The summed E-state index contributed by atoms with van der Waals surface area (Å²) in [7, 11) is 1.37. The zero-order chi connectivity index (χ0) is 18.8. The molecule has 0 fully saturated rings. The molecule has 2 aromatic carbocycles. The maximum Gasteiger partial charge on any atom is 0.310 e. The van der Waals surface area contributed by atoms with Gasteiger partial charge in [-0.25, -0.2) is 0 Å². The van der Waals surface area contributed by atoms with Crippen LogP contribution in [0.5, 0.6) is 0 Å². The number of fused-ring (bicyclic) bond motifs is 1. The van der Waals surface area contributed by atoms with E-state index >= 15 is 0 Å². The van der Waals surface area contributed by atoms with Gasteiger partial charge < -0.3 is 15.4 Å². The molecule has 0 radical (unpaired) electrons. The number of halogens is 1. The van der Waals surface area contributed by atoms with Gasteiger partial charge in [0.25, 0.3) is 5.91 Å². The third-order valence-corrected chi connectivity index (χ3v) is 5.07. The van der Waals surface area contributed by atoms with Crippen molar-refractivity contribution in [2.24, 2.45) is 5.92 Å². The number of carbonyl (C=O) groups excluding carboxylic acids is 2. The number of esters is 1. The second-order valence-electron chi connectivity index (χ2n) is 6.43. The van der Waals surface area contributed by atoms with Crippen molar-refractivity contribution >= 4 is 29.2 Å². The number of ether oxygens (including phenoxy) is 1. The van der Waals surface area contributed by atoms with E-state index in [1.165, 1.54) is 7.11 Å². The topological polar surface area (TPSA) is 72.6 Å². The van der Waals surface area contributed by atoms with Crippen LogP contribution >= 0.6 is 11.6 Å². The second kappa shape index (κ2) is 7.38. The van der Waals surface area contributed by atoms with Crippen LogP contribution in [0.3, 0.4) is 0 Å². The standard InChI is InChI=1S/C20H21ClN2O3/c1-3-12(20(25)26-2)10-23-11-14-5-4-13(8-17(14)19(23)24)16-7-6-15(22)9-18(16)21/h4-9,12H,3,10-11,22H2,1-2H3/t12-/m0/s1. The Hall–Kier alpha value is -2.53. The van der Waals surface area contributed by atoms with E-state index in [9.17, 15) is 9.59 Å². The summed E-state index contributed by atoms with van der Waals surface area (Å²) in [6, 6.07) is 11.1. The number of hydrogen-bond donors (Lipinski definition) is 1. The number of nitrogens with zero attached hydrogens (tertiary/aromatic N) is 1. The molecule has 3 rings (SSSR count). The molecule has 0 saturated heterocycles. The summed E-state index contributed by atoms with van der Waals surface area (Å²) in [6.07, 6.45) is 0.624. The van der Waals surface area contributed by atoms with Crippen LogP contribution in [0.2, 0.25) is 5.02 Å². The van der Waals surface area contributed by atoms with Crippen LogP contribution < -0.4 is 5.73 Å². The highest BCUT2D eigenvalue weighted by atomic mass is 35.5. The first-order valence-electron chi connectivity index (χ1n) is 8.50. The third kappa shape index (κ3) is 3.40. The number of anilines is 1. The van der Waals surface area contributed by atoms with E-state index in [-0.39, 0.29) is 17.8 Å². The Morgan fingerprint density at radius 3 is 2.69 bits per heavy atom. The van der Waals surface area contributed by atoms with Crippen LogP contribution in [-0.2, 0) is 16.1 Å². The van der Waals surface area contributed by atoms with Gasteiger partial charge in [-0.15, -0.1) is 0 Å². The van der Waals surface area contributed by atoms with Crippen molar-refractivity contribution in [3.05, 3.63) is 52.5 Å². The molecule has 0 saturated carbocycles. The van der Waals surface area contributed by atoms with E-state index in [1.807, 2.05) is 31.2 Å². The van der Waals surface area contributed by atoms with E-state index in [4.69, 9.17) is 22.1 Å². The summed E-state index contributed by atoms with van der Waals surface area (Å²) in [6.45, 7) is 2.77. The Kier molecular flexibility index (Phi) is 5.18. The minimum absolute atomic E-state index is 0.0734. The SMILES string of the molecule is CC[C@@H](CN1Cc2ccc(-c3ccc(N)cc3Cl)cc2C1=O)C(=O)OC. The number of amides is 1. The summed E-state index contributed by atoms with van der Waals surface area (Å²) in [5.74, 6) is -0.675. The lowest BCUT2D eigenvalue weighted by Gasteiger charge is -2.20. The lowest BCUT2D eigenvalue weighted by Crippen LogP contribution is -2.33. The molecule has 0 bridgehead atoms. The largest absolute Gasteiger partial charge is 0.469 e. The number of nitrogens with two attached hydrogens (primary N) is 1. The van der Waals surface area contributed by atoms with Crippen molar-refractivity contribution in [2.75, 3.05) is 19.4 Å². The van der Waals surface area contributed by atoms with Gasteiger partial charge in [0.15, 0.2) is 0 Å². The fourth-order valence-electron chi connectivity index (χ4n) is 3.24. The maximum atomic E-state index is 12.8. The molecule has 26 heavy (non-hydrogen) atoms. The quantitative estimate of drug-likeness (QED) is 0.641. The van der Waals surface area contributed by atoms with Gasteiger partial charge in [0.2, 0.25) is 0 Å². The fourth-order valence-corrected chi connectivity index (χ4v) is 3.54. The van der Waals surface area contributed by atoms with Crippen molar-refractivity contribution in [1.29, 1.82) is 0 Å². The Morgan fingerprint density at radius 1 is 1.27 bits per heavy atom. The van der Waals surface area contributed by atoms with Crippen LogP contribution in [0.1, 0.15) is 29.3 Å². The van der Waals surface area contributed by atoms with Crippen LogP contribution in [0.15, 0.2) is 36.4 Å². The highest BCUT2D eigenvalue weighted by Gasteiger charge is 2.31. The van der Waals surface area contributed by atoms with Crippen molar-refractivity contribution in [3.63, 3.8) is 0 Å². The lowest BCUT2D eigenvalue weighted by atomic mass is 10.00. The van der Waals surface area contributed by atoms with Gasteiger partial charge in [-0.3, -0.25) is 9.59 Å². The number of nitrogen functional groups attached to an aromatic ring is 1. The van der Waals surface area contributed by atoms with Crippen molar-refractivity contribution < 1.29 is 14.3 Å². The van der Waals surface area contributed by atoms with Gasteiger partial charge in [0, 0.05) is 29.9 Å². The highest BCUT2D eigenvalue weighted by Crippen LogP contribution is 2.33. The molecule has 6 heteroatoms. The van der Waals surface area contributed by atoms with E-state index in [0.717, 1.165) is 16.7 Å². The Bertz CT molecular complexity index is 866. The normalized spacial score (nSPS) is 14.3. The van der Waals surface area contributed by atoms with Crippen LogP contribution in [0.4, 0.5) is 5.69 Å². The zero-order valence-corrected chi connectivity index (χ0v) is 15.5. The van der Waals surface area contributed by atoms with Crippen molar-refractivity contribution in [3.8, 4) is 11.1 Å². The molecule has 2 N–H and O–H groups in total. The molecule has 1 amide bonds. The molecule has 1 atom stereocenters. The van der Waals surface area contributed by atoms with Crippen molar-refractivity contribution in [1.82, 2.24) is 4.90 Å². The lowest BCUT2D eigenvalue weighted by molar-refractivity contribution is -0.146. The van der Waals surface area contributed by atoms with E-state index in [1.54, 1.807) is 17.0 Å². The molecular formula is C20H21ClN2O3. The summed E-state index contributed by atoms with van der Waals surface area (Å²) in [5, 5.41) is 0.545. The Labute approximate surface area is 157 Å². The third-order valence-electron chi connectivity index (χ3n) is 4.76. The number of carbonyl (C=O) groups is 2. The molecule has 136 valence electrons. The first-order valence-corrected chi connectivity index (χ1v) is 8.87. The number of rotatable bonds is 5. The van der Waals surface area contributed by atoms with Crippen LogP contribution in [-0.4, -0.2) is 30.4 Å². The zero-order valence-electron chi connectivity index (χ0n) is 14.8. The fraction of sp³-hybridized carbons (Fsp3) is 0.300. The molecule has 2 aromatic rings. The molecule has 1 aliphatic rings. The van der Waals surface area contributed by atoms with E-state index < -0.39 is 0 Å². The first kappa shape index (κ1) is 18.3. The van der Waals surface area contributed by atoms with E-state index in [0.29, 0.717) is 35.8 Å². The van der Waals surface area contributed by atoms with Gasteiger partial charge in [-0.2, -0.15) is 0 Å². The molecular weight excluding hydrogens is 352 g/mol. The van der Waals surface area contributed by atoms with Gasteiger partial charge in [0.05, 0.1) is 18.1 Å². The van der Waals surface area contributed by atoms with Crippen molar-refractivity contribution in [2.45, 2.75) is 19.9 Å². The second-order valence-corrected chi connectivity index (χ2v) is 6.83. The first-order chi connectivity index (χ1) is 12.4. The van der Waals surface area contributed by atoms with Crippen LogP contribution in [0.25, 0.3) is 11.1 Å². The van der Waals surface area contributed by atoms with Gasteiger partial charge in [0.1, 0.15) is 0 Å². The molecule has 1 heterocycles. The minimum atomic E-state index is -0.315. The maximum absolute atomic E-state index is 12.8. The number of hydrogen-bond acceptors (Lipinski definition) is 4. The Morgan fingerprint density at radius 2 is 2.04 bits per heavy atom. The monoisotopic (exact) mass is 372 g/mol. The summed E-state index contributed by atoms with van der Waals surface area (Å²) >= 11 is 6.29. The molecule has 1 aliphatic heterocycles. The predicted octanol–water partition coefficient (Wildman–Crippen LogP) is 3.74. The summed E-state index contributed by atoms with van der Waals surface area (Å²) in [5.41, 5.74) is 9.63. The van der Waals surface area contributed by atoms with Gasteiger partial charge >= 0.3 is 5.97 Å². The molecule has 0 spiro atoms. The summed E-state index contributed by atoms with van der Waals surface area (Å²) in [4.78, 5) is 26.3. The highest BCUT2D eigenvalue weighted by molar-refractivity contribution is 6.33. The Balaban J connectivity index is 1.86. The smallest absolute Gasteiger partial charge is 0.310 e. The average molecular weight is 373 g/mol. The summed E-state index contributed by atoms with van der Waals surface area (Å²) < 4.78 is 4.82. The minimum Gasteiger partial charge on any atom is -0.469 e. The predicted molar refractivity (Wildman–Crippen MR) is 102 cm³/mol. The average Bonchev–Trinajstić information content (AvgIpc) is 2.94. The molecule has 5 nitrogen and oxygen atoms in total. The number of methoxy groups -OCH3 is 1. The van der Waals surface area contributed by atoms with Gasteiger partial charge in [-0.05, 0) is 35.7 Å². The van der Waals surface area contributed by atoms with Crippen LogP contribution in [0, 0.1) is 5.92 Å². The molecule has 0 aliphatic carbocycles. The van der Waals surface area contributed by atoms with Gasteiger partial charge in [-0.1, -0.05) is 36.7 Å². The van der Waals surface area contributed by atoms with E-state index in [2.05, 4.69) is 0 Å². The number of benzene rings is 2.